The summed E-state index contributed by atoms with van der Waals surface area (Å²) in [4.78, 5) is 3.27. The zero-order chi connectivity index (χ0) is 23.3. The largest absolute Gasteiger partial charge is 0.460 e. The van der Waals surface area contributed by atoms with Crippen molar-refractivity contribution < 1.29 is 62.2 Å². The molecule has 15 heteroatoms. The second-order valence-corrected chi connectivity index (χ2v) is 6.17. The first kappa shape index (κ1) is 25.2. The molecule has 0 saturated carbocycles. The van der Waals surface area contributed by atoms with Gasteiger partial charge in [0.15, 0.2) is 0 Å². The predicted molar refractivity (Wildman–Crippen MR) is 69.2 cm³/mol. The van der Waals surface area contributed by atoms with E-state index in [1.54, 1.807) is 0 Å². The Bertz CT molecular complexity index is 712. The van der Waals surface area contributed by atoms with Crippen LogP contribution in [-0.4, -0.2) is 45.9 Å². The third kappa shape index (κ3) is 3.84. The number of rotatable bonds is 7. The van der Waals surface area contributed by atoms with Gasteiger partial charge in [-0.25, -0.2) is 0 Å². The zero-order valence-electron chi connectivity index (χ0n) is 13.8. The van der Waals surface area contributed by atoms with Crippen LogP contribution in [0.2, 0.25) is 0 Å². The van der Waals surface area contributed by atoms with Crippen LogP contribution >= 0.6 is 0 Å². The molecular formula is C14H10F13NO. The lowest BCUT2D eigenvalue weighted by molar-refractivity contribution is -0.441. The maximum atomic E-state index is 13.8. The van der Waals surface area contributed by atoms with Gasteiger partial charge in [0, 0.05) is 6.20 Å². The molecule has 0 aromatic carbocycles. The van der Waals surface area contributed by atoms with E-state index >= 15 is 0 Å². The molecule has 0 radical (unpaired) electrons. The van der Waals surface area contributed by atoms with E-state index in [-0.39, 0.29) is 0 Å². The van der Waals surface area contributed by atoms with Crippen LogP contribution in [0.15, 0.2) is 24.4 Å². The van der Waals surface area contributed by atoms with Crippen LogP contribution in [0.3, 0.4) is 0 Å². The second-order valence-electron chi connectivity index (χ2n) is 6.17. The summed E-state index contributed by atoms with van der Waals surface area (Å²) in [5.74, 6) is -37.5. The van der Waals surface area contributed by atoms with Crippen LogP contribution in [0.5, 0.6) is 0 Å². The third-order valence-corrected chi connectivity index (χ3v) is 3.78. The lowest BCUT2D eigenvalue weighted by Crippen LogP contribution is -2.70. The Hall–Kier alpha value is -1.80. The average molecular weight is 455 g/mol. The molecule has 0 spiro atoms. The number of alkyl halides is 13. The summed E-state index contributed by atoms with van der Waals surface area (Å²) < 4.78 is 169. The van der Waals surface area contributed by atoms with Gasteiger partial charge in [-0.2, -0.15) is 57.1 Å². The highest BCUT2D eigenvalue weighted by Crippen LogP contribution is 2.61. The van der Waals surface area contributed by atoms with Crippen molar-refractivity contribution in [2.75, 3.05) is 0 Å². The Morgan fingerprint density at radius 3 is 1.55 bits per heavy atom. The molecule has 0 aliphatic carbocycles. The highest BCUT2D eigenvalue weighted by Gasteiger charge is 2.90. The van der Waals surface area contributed by atoms with Crippen molar-refractivity contribution in [3.05, 3.63) is 30.1 Å². The Morgan fingerprint density at radius 1 is 0.724 bits per heavy atom. The van der Waals surface area contributed by atoms with Crippen molar-refractivity contribution in [2.24, 2.45) is 0 Å². The Labute approximate surface area is 153 Å². The van der Waals surface area contributed by atoms with Gasteiger partial charge in [-0.1, -0.05) is 6.07 Å². The normalized spacial score (nSPS) is 17.2. The van der Waals surface area contributed by atoms with E-state index in [1.165, 1.54) is 0 Å². The highest BCUT2D eigenvalue weighted by molar-refractivity contribution is 5.16. The average Bonchev–Trinajstić information content (AvgIpc) is 2.53. The van der Waals surface area contributed by atoms with Gasteiger partial charge in [-0.3, -0.25) is 4.98 Å². The molecule has 0 amide bonds. The number of nitrogens with zero attached hydrogens (tertiary/aromatic N) is 1. The van der Waals surface area contributed by atoms with E-state index in [4.69, 9.17) is 0 Å². The van der Waals surface area contributed by atoms with E-state index in [1.807, 2.05) is 0 Å². The van der Waals surface area contributed by atoms with Crippen LogP contribution in [0.1, 0.15) is 19.0 Å². The minimum Gasteiger partial charge on any atom is -0.384 e. The molecule has 1 aromatic heterocycles. The van der Waals surface area contributed by atoms with E-state index < -0.39 is 53.5 Å². The van der Waals surface area contributed by atoms with E-state index in [0.29, 0.717) is 6.92 Å². The molecule has 0 fully saturated rings. The van der Waals surface area contributed by atoms with Gasteiger partial charge >= 0.3 is 35.8 Å². The molecule has 168 valence electrons. The molecular weight excluding hydrogens is 445 g/mol. The first-order valence-electron chi connectivity index (χ1n) is 7.16. The number of aliphatic hydroxyl groups is 1. The van der Waals surface area contributed by atoms with Crippen LogP contribution in [0, 0.1) is 0 Å². The fourth-order valence-corrected chi connectivity index (χ4v) is 2.12. The van der Waals surface area contributed by atoms with Gasteiger partial charge in [0.05, 0.1) is 12.1 Å². The van der Waals surface area contributed by atoms with E-state index in [0.717, 1.165) is 24.4 Å². The summed E-state index contributed by atoms with van der Waals surface area (Å²) in [6.45, 7) is 0.333. The Balaban J connectivity index is 3.43. The monoisotopic (exact) mass is 455 g/mol. The minimum absolute atomic E-state index is 0.333. The summed E-state index contributed by atoms with van der Waals surface area (Å²) >= 11 is 0. The van der Waals surface area contributed by atoms with Gasteiger partial charge in [0.2, 0.25) is 0 Å². The standard InChI is InChI=1S/C14H10F13NO/c1-8(29,7-4-2-3-5-28-7)6-9(15,16)10(17,18)11(19,20)12(21,22)13(23,24)14(25,26)27/h2-5,29H,6H2,1H3. The smallest absolute Gasteiger partial charge is 0.384 e. The molecule has 1 atom stereocenters. The lowest BCUT2D eigenvalue weighted by atomic mass is 9.86. The number of hydrogen-bond donors (Lipinski definition) is 1. The molecule has 0 aliphatic heterocycles. The maximum absolute atomic E-state index is 13.8. The number of aromatic nitrogens is 1. The third-order valence-electron chi connectivity index (χ3n) is 3.78. The molecule has 0 bridgehead atoms. The number of hydrogen-bond acceptors (Lipinski definition) is 2. The lowest BCUT2D eigenvalue weighted by Gasteiger charge is -2.41. The predicted octanol–water partition coefficient (Wildman–Crippen LogP) is 5.42. The second kappa shape index (κ2) is 6.87. The molecule has 1 unspecified atom stereocenters. The van der Waals surface area contributed by atoms with Crippen LogP contribution in [0.25, 0.3) is 0 Å². The molecule has 1 N–H and O–H groups in total. The minimum atomic E-state index is -7.97. The SMILES string of the molecule is CC(O)(CC(F)(F)C(F)(F)C(F)(F)C(F)(F)C(F)(F)C(F)(F)F)c1ccccn1. The van der Waals surface area contributed by atoms with Gasteiger partial charge in [0.25, 0.3) is 0 Å². The summed E-state index contributed by atoms with van der Waals surface area (Å²) in [5.41, 5.74) is -4.02. The summed E-state index contributed by atoms with van der Waals surface area (Å²) in [6, 6.07) is 2.93. The molecule has 1 rings (SSSR count). The molecule has 1 aromatic rings. The fraction of sp³-hybridized carbons (Fsp3) is 0.643. The highest BCUT2D eigenvalue weighted by atomic mass is 19.4. The Kier molecular flexibility index (Phi) is 5.98. The van der Waals surface area contributed by atoms with Crippen molar-refractivity contribution in [1.29, 1.82) is 0 Å². The Morgan fingerprint density at radius 2 is 1.17 bits per heavy atom. The zero-order valence-corrected chi connectivity index (χ0v) is 13.8. The first-order chi connectivity index (χ1) is 12.6. The van der Waals surface area contributed by atoms with Crippen molar-refractivity contribution >= 4 is 0 Å². The summed E-state index contributed by atoms with van der Waals surface area (Å²) in [6.07, 6.45) is -9.40. The van der Waals surface area contributed by atoms with Crippen LogP contribution in [-0.2, 0) is 5.60 Å². The molecule has 0 aliphatic rings. The quantitative estimate of drug-likeness (QED) is 0.558. The van der Waals surface area contributed by atoms with Crippen molar-refractivity contribution in [3.63, 3.8) is 0 Å². The van der Waals surface area contributed by atoms with Crippen molar-refractivity contribution in [3.8, 4) is 0 Å². The van der Waals surface area contributed by atoms with E-state index in [2.05, 4.69) is 4.98 Å². The molecule has 0 saturated heterocycles. The topological polar surface area (TPSA) is 33.1 Å². The van der Waals surface area contributed by atoms with Gasteiger partial charge in [0.1, 0.15) is 5.60 Å². The summed E-state index contributed by atoms with van der Waals surface area (Å²) in [5, 5.41) is 9.81. The maximum Gasteiger partial charge on any atom is 0.460 e. The van der Waals surface area contributed by atoms with Crippen LogP contribution in [0.4, 0.5) is 57.1 Å². The summed E-state index contributed by atoms with van der Waals surface area (Å²) in [7, 11) is 0. The molecule has 1 heterocycles. The first-order valence-corrected chi connectivity index (χ1v) is 7.16. The van der Waals surface area contributed by atoms with Gasteiger partial charge < -0.3 is 5.11 Å². The van der Waals surface area contributed by atoms with Crippen LogP contribution < -0.4 is 0 Å². The van der Waals surface area contributed by atoms with Crippen molar-refractivity contribution in [1.82, 2.24) is 4.98 Å². The number of halogens is 13. The number of pyridine rings is 1. The van der Waals surface area contributed by atoms with E-state index in [9.17, 15) is 62.2 Å². The molecule has 2 nitrogen and oxygen atoms in total. The fourth-order valence-electron chi connectivity index (χ4n) is 2.12. The molecule has 29 heavy (non-hydrogen) atoms. The van der Waals surface area contributed by atoms with Crippen molar-refractivity contribution in [2.45, 2.75) is 54.7 Å². The van der Waals surface area contributed by atoms with Gasteiger partial charge in [-0.05, 0) is 19.1 Å². The van der Waals surface area contributed by atoms with Gasteiger partial charge in [-0.15, -0.1) is 0 Å².